The molecule has 0 saturated heterocycles. The van der Waals surface area contributed by atoms with Crippen molar-refractivity contribution in [3.63, 3.8) is 0 Å². The van der Waals surface area contributed by atoms with Gasteiger partial charge in [0.15, 0.2) is 0 Å². The fourth-order valence-electron chi connectivity index (χ4n) is 3.00. The van der Waals surface area contributed by atoms with Crippen LogP contribution in [0.4, 0.5) is 5.69 Å². The maximum Gasteiger partial charge on any atom is 0.229 e. The van der Waals surface area contributed by atoms with E-state index in [2.05, 4.69) is 10.6 Å². The Kier molecular flexibility index (Phi) is 5.78. The van der Waals surface area contributed by atoms with E-state index in [1.54, 1.807) is 12.1 Å². The Labute approximate surface area is 169 Å². The number of hydrogen-bond acceptors (Lipinski definition) is 2. The van der Waals surface area contributed by atoms with Crippen LogP contribution in [0.1, 0.15) is 25.8 Å². The van der Waals surface area contributed by atoms with Crippen LogP contribution in [0.2, 0.25) is 10.0 Å². The molecule has 1 aliphatic carbocycles. The first-order valence-corrected chi connectivity index (χ1v) is 9.63. The summed E-state index contributed by atoms with van der Waals surface area (Å²) >= 11 is 12.0. The molecule has 1 fully saturated rings. The number of nitrogens with one attached hydrogen (secondary N) is 2. The van der Waals surface area contributed by atoms with E-state index in [0.717, 1.165) is 11.3 Å². The van der Waals surface area contributed by atoms with Gasteiger partial charge in [-0.25, -0.2) is 0 Å². The zero-order valence-corrected chi connectivity index (χ0v) is 16.8. The summed E-state index contributed by atoms with van der Waals surface area (Å²) in [6, 6.07) is 14.6. The highest BCUT2D eigenvalue weighted by molar-refractivity contribution is 6.42. The number of amides is 2. The zero-order valence-electron chi connectivity index (χ0n) is 15.3. The lowest BCUT2D eigenvalue weighted by molar-refractivity contribution is -0.129. The van der Waals surface area contributed by atoms with E-state index in [1.165, 1.54) is 0 Å². The van der Waals surface area contributed by atoms with Crippen LogP contribution in [-0.4, -0.2) is 17.9 Å². The molecule has 0 spiro atoms. The molecular weight excluding hydrogens is 383 g/mol. The van der Waals surface area contributed by atoms with E-state index >= 15 is 0 Å². The van der Waals surface area contributed by atoms with E-state index in [9.17, 15) is 9.59 Å². The molecule has 3 rings (SSSR count). The van der Waals surface area contributed by atoms with Crippen LogP contribution in [0.25, 0.3) is 0 Å². The van der Waals surface area contributed by atoms with Gasteiger partial charge < -0.3 is 10.6 Å². The smallest absolute Gasteiger partial charge is 0.229 e. The molecule has 1 aliphatic rings. The predicted molar refractivity (Wildman–Crippen MR) is 109 cm³/mol. The van der Waals surface area contributed by atoms with Gasteiger partial charge in [-0.15, -0.1) is 0 Å². The normalized spacial score (nSPS) is 18.7. The van der Waals surface area contributed by atoms with Crippen molar-refractivity contribution >= 4 is 40.7 Å². The Morgan fingerprint density at radius 3 is 2.44 bits per heavy atom. The van der Waals surface area contributed by atoms with Crippen molar-refractivity contribution in [2.24, 2.45) is 11.3 Å². The topological polar surface area (TPSA) is 58.2 Å². The van der Waals surface area contributed by atoms with Gasteiger partial charge in [-0.05, 0) is 42.7 Å². The van der Waals surface area contributed by atoms with E-state index in [-0.39, 0.29) is 23.8 Å². The standard InChI is InChI=1S/C21H22Cl2N2O2/c1-21(2,12-13-8-9-16(22)17(23)10-13)20(27)25-18-11-15(18)19(26)24-14-6-4-3-5-7-14/h3-10,15,18H,11-12H2,1-2H3,(H,24,26)(H,25,27). The molecule has 142 valence electrons. The lowest BCUT2D eigenvalue weighted by atomic mass is 9.84. The molecule has 2 N–H and O–H groups in total. The highest BCUT2D eigenvalue weighted by atomic mass is 35.5. The molecule has 2 aromatic carbocycles. The number of carbonyl (C=O) groups excluding carboxylic acids is 2. The summed E-state index contributed by atoms with van der Waals surface area (Å²) in [5.41, 5.74) is 1.08. The minimum absolute atomic E-state index is 0.0613. The summed E-state index contributed by atoms with van der Waals surface area (Å²) < 4.78 is 0. The van der Waals surface area contributed by atoms with Crippen molar-refractivity contribution in [3.8, 4) is 0 Å². The molecular formula is C21H22Cl2N2O2. The molecule has 2 amide bonds. The largest absolute Gasteiger partial charge is 0.352 e. The van der Waals surface area contributed by atoms with E-state index in [4.69, 9.17) is 23.2 Å². The number of para-hydroxylation sites is 1. The molecule has 0 radical (unpaired) electrons. The molecule has 0 heterocycles. The average molecular weight is 405 g/mol. The number of rotatable bonds is 6. The molecule has 2 unspecified atom stereocenters. The second-order valence-electron chi connectivity index (χ2n) is 7.59. The summed E-state index contributed by atoms with van der Waals surface area (Å²) in [7, 11) is 0. The fourth-order valence-corrected chi connectivity index (χ4v) is 3.33. The van der Waals surface area contributed by atoms with Gasteiger partial charge in [-0.1, -0.05) is 61.3 Å². The average Bonchev–Trinajstić information content (AvgIpc) is 3.38. The summed E-state index contributed by atoms with van der Waals surface area (Å²) in [4.78, 5) is 25.0. The predicted octanol–water partition coefficient (Wildman–Crippen LogP) is 4.71. The third-order valence-corrected chi connectivity index (χ3v) is 5.47. The lowest BCUT2D eigenvalue weighted by Gasteiger charge is -2.24. The van der Waals surface area contributed by atoms with Crippen LogP contribution in [-0.2, 0) is 16.0 Å². The Bertz CT molecular complexity index is 853. The molecule has 2 aromatic rings. The molecule has 1 saturated carbocycles. The van der Waals surface area contributed by atoms with Gasteiger partial charge in [0.25, 0.3) is 0 Å². The van der Waals surface area contributed by atoms with Gasteiger partial charge in [0, 0.05) is 17.1 Å². The summed E-state index contributed by atoms with van der Waals surface area (Å²) in [5.74, 6) is -0.322. The van der Waals surface area contributed by atoms with Crippen molar-refractivity contribution in [2.75, 3.05) is 5.32 Å². The zero-order chi connectivity index (χ0) is 19.6. The second kappa shape index (κ2) is 7.91. The molecule has 2 atom stereocenters. The van der Waals surface area contributed by atoms with Gasteiger partial charge in [0.2, 0.25) is 11.8 Å². The van der Waals surface area contributed by atoms with Crippen LogP contribution in [0.15, 0.2) is 48.5 Å². The first kappa shape index (κ1) is 19.7. The highest BCUT2D eigenvalue weighted by Crippen LogP contribution is 2.34. The Hall–Kier alpha value is -2.04. The SMILES string of the molecule is CC(C)(Cc1ccc(Cl)c(Cl)c1)C(=O)NC1CC1C(=O)Nc1ccccc1. The third-order valence-electron chi connectivity index (χ3n) is 4.73. The minimum Gasteiger partial charge on any atom is -0.352 e. The van der Waals surface area contributed by atoms with Crippen LogP contribution in [0, 0.1) is 11.3 Å². The van der Waals surface area contributed by atoms with Gasteiger partial charge in [0.1, 0.15) is 0 Å². The number of hydrogen-bond donors (Lipinski definition) is 2. The molecule has 27 heavy (non-hydrogen) atoms. The van der Waals surface area contributed by atoms with Crippen LogP contribution >= 0.6 is 23.2 Å². The quantitative estimate of drug-likeness (QED) is 0.732. The van der Waals surface area contributed by atoms with Crippen molar-refractivity contribution in [2.45, 2.75) is 32.7 Å². The van der Waals surface area contributed by atoms with Gasteiger partial charge in [-0.2, -0.15) is 0 Å². The maximum absolute atomic E-state index is 12.7. The molecule has 4 nitrogen and oxygen atoms in total. The summed E-state index contributed by atoms with van der Waals surface area (Å²) in [6.45, 7) is 3.76. The van der Waals surface area contributed by atoms with Crippen LogP contribution in [0.3, 0.4) is 0 Å². The van der Waals surface area contributed by atoms with E-state index in [1.807, 2.05) is 50.2 Å². The summed E-state index contributed by atoms with van der Waals surface area (Å²) in [6.07, 6.45) is 1.19. The van der Waals surface area contributed by atoms with Crippen LogP contribution < -0.4 is 10.6 Å². The van der Waals surface area contributed by atoms with Crippen molar-refractivity contribution < 1.29 is 9.59 Å². The minimum atomic E-state index is -0.625. The molecule has 0 aliphatic heterocycles. The first-order chi connectivity index (χ1) is 12.8. The van der Waals surface area contributed by atoms with Gasteiger partial charge in [-0.3, -0.25) is 9.59 Å². The molecule has 0 bridgehead atoms. The maximum atomic E-state index is 12.7. The first-order valence-electron chi connectivity index (χ1n) is 8.87. The Balaban J connectivity index is 1.54. The van der Waals surface area contributed by atoms with Gasteiger partial charge >= 0.3 is 0 Å². The van der Waals surface area contributed by atoms with Crippen molar-refractivity contribution in [1.29, 1.82) is 0 Å². The molecule has 0 aromatic heterocycles. The number of halogens is 2. The highest BCUT2D eigenvalue weighted by Gasteiger charge is 2.45. The summed E-state index contributed by atoms with van der Waals surface area (Å²) in [5, 5.41) is 6.85. The third kappa shape index (κ3) is 5.02. The van der Waals surface area contributed by atoms with Crippen LogP contribution in [0.5, 0.6) is 0 Å². The van der Waals surface area contributed by atoms with Crippen molar-refractivity contribution in [1.82, 2.24) is 5.32 Å². The second-order valence-corrected chi connectivity index (χ2v) is 8.40. The number of benzene rings is 2. The lowest BCUT2D eigenvalue weighted by Crippen LogP contribution is -2.40. The number of anilines is 1. The Morgan fingerprint density at radius 1 is 1.07 bits per heavy atom. The van der Waals surface area contributed by atoms with E-state index < -0.39 is 5.41 Å². The number of carbonyl (C=O) groups is 2. The molecule has 6 heteroatoms. The van der Waals surface area contributed by atoms with E-state index in [0.29, 0.717) is 22.9 Å². The monoisotopic (exact) mass is 404 g/mol. The van der Waals surface area contributed by atoms with Crippen molar-refractivity contribution in [3.05, 3.63) is 64.1 Å². The Morgan fingerprint density at radius 2 is 1.78 bits per heavy atom. The van der Waals surface area contributed by atoms with Gasteiger partial charge in [0.05, 0.1) is 16.0 Å². The fraction of sp³-hybridized carbons (Fsp3) is 0.333.